The number of imidazole rings is 1. The van der Waals surface area contributed by atoms with Crippen molar-refractivity contribution in [3.8, 4) is 11.4 Å². The van der Waals surface area contributed by atoms with Crippen molar-refractivity contribution in [3.63, 3.8) is 0 Å². The zero-order valence-electron chi connectivity index (χ0n) is 25.0. The lowest BCUT2D eigenvalue weighted by Gasteiger charge is -2.13. The first-order valence-corrected chi connectivity index (χ1v) is 15.8. The molecule has 0 aliphatic rings. The van der Waals surface area contributed by atoms with Crippen molar-refractivity contribution in [2.45, 2.75) is 0 Å². The van der Waals surface area contributed by atoms with E-state index in [0.717, 1.165) is 55.4 Å². The number of nitrogens with zero attached hydrogens (tertiary/aromatic N) is 6. The van der Waals surface area contributed by atoms with E-state index in [0.29, 0.717) is 0 Å². The summed E-state index contributed by atoms with van der Waals surface area (Å²) in [7, 11) is 0. The first kappa shape index (κ1) is 24.8. The molecular weight excluding hydrogens is 576 g/mol. The van der Waals surface area contributed by atoms with Gasteiger partial charge < -0.3 is 9.13 Å². The molecule has 6 nitrogen and oxygen atoms in total. The van der Waals surface area contributed by atoms with Crippen molar-refractivity contribution in [3.05, 3.63) is 146 Å². The highest BCUT2D eigenvalue weighted by atomic mass is 15.1. The number of hydrogen-bond acceptors (Lipinski definition) is 3. The van der Waals surface area contributed by atoms with Crippen LogP contribution < -0.4 is 0 Å². The van der Waals surface area contributed by atoms with E-state index in [1.54, 1.807) is 0 Å². The fraction of sp³-hybridized carbons (Fsp3) is 0. The molecule has 0 fully saturated rings. The first-order chi connectivity index (χ1) is 23.4. The lowest BCUT2D eigenvalue weighted by Crippen LogP contribution is -1.97. The Morgan fingerprint density at radius 1 is 0.426 bits per heavy atom. The van der Waals surface area contributed by atoms with Gasteiger partial charge in [-0.3, -0.25) is 9.38 Å². The van der Waals surface area contributed by atoms with E-state index in [2.05, 4.69) is 145 Å². The molecule has 6 heterocycles. The van der Waals surface area contributed by atoms with Crippen LogP contribution in [0.2, 0.25) is 0 Å². The predicted molar refractivity (Wildman–Crippen MR) is 192 cm³/mol. The number of fused-ring (bicyclic) bond motifs is 16. The van der Waals surface area contributed by atoms with Crippen molar-refractivity contribution < 1.29 is 0 Å². The molecule has 47 heavy (non-hydrogen) atoms. The molecule has 0 aliphatic heterocycles. The molecule has 6 heteroatoms. The van der Waals surface area contributed by atoms with Crippen molar-refractivity contribution in [2.24, 2.45) is 0 Å². The molecule has 0 amide bonds. The fourth-order valence-electron chi connectivity index (χ4n) is 7.91. The minimum absolute atomic E-state index is 0.734. The highest BCUT2D eigenvalue weighted by molar-refractivity contribution is 6.32. The molecular formula is C41H24N6. The zero-order chi connectivity index (χ0) is 30.6. The van der Waals surface area contributed by atoms with Gasteiger partial charge in [-0.25, -0.2) is 9.97 Å². The second-order valence-electron chi connectivity index (χ2n) is 12.1. The Bertz CT molecular complexity index is 3060. The highest BCUT2D eigenvalue weighted by Crippen LogP contribution is 2.45. The van der Waals surface area contributed by atoms with E-state index in [-0.39, 0.29) is 0 Å². The van der Waals surface area contributed by atoms with Gasteiger partial charge in [0.2, 0.25) is 0 Å². The maximum Gasteiger partial charge on any atom is 0.178 e. The summed E-state index contributed by atoms with van der Waals surface area (Å²) in [5.74, 6) is 0. The monoisotopic (exact) mass is 600 g/mol. The lowest BCUT2D eigenvalue weighted by atomic mass is 10.0. The number of para-hydroxylation sites is 3. The molecule has 0 radical (unpaired) electrons. The van der Waals surface area contributed by atoms with Gasteiger partial charge in [-0.1, -0.05) is 66.7 Å². The summed E-state index contributed by atoms with van der Waals surface area (Å²) < 4.78 is 7.09. The van der Waals surface area contributed by atoms with Gasteiger partial charge in [-0.2, -0.15) is 0 Å². The molecule has 11 aromatic rings. The normalized spacial score (nSPS) is 12.3. The maximum absolute atomic E-state index is 5.10. The number of pyridine rings is 3. The van der Waals surface area contributed by atoms with Gasteiger partial charge in [0.1, 0.15) is 5.65 Å². The summed E-state index contributed by atoms with van der Waals surface area (Å²) in [5.41, 5.74) is 10.6. The minimum atomic E-state index is 0.734. The molecule has 0 spiro atoms. The van der Waals surface area contributed by atoms with Crippen molar-refractivity contribution in [1.29, 1.82) is 0 Å². The smallest absolute Gasteiger partial charge is 0.178 e. The first-order valence-electron chi connectivity index (χ1n) is 15.8. The number of benzene rings is 5. The van der Waals surface area contributed by atoms with Gasteiger partial charge in [0.25, 0.3) is 0 Å². The molecule has 218 valence electrons. The van der Waals surface area contributed by atoms with Gasteiger partial charge in [-0.15, -0.1) is 0 Å². The summed E-state index contributed by atoms with van der Waals surface area (Å²) in [5, 5.41) is 8.13. The molecule has 0 aliphatic carbocycles. The van der Waals surface area contributed by atoms with Gasteiger partial charge in [0.15, 0.2) is 5.65 Å². The van der Waals surface area contributed by atoms with Crippen LogP contribution in [0, 0.1) is 0 Å². The number of rotatable bonds is 2. The molecule has 6 aromatic heterocycles. The second-order valence-corrected chi connectivity index (χ2v) is 12.1. The predicted octanol–water partition coefficient (Wildman–Crippen LogP) is 9.78. The largest absolute Gasteiger partial charge is 0.309 e. The van der Waals surface area contributed by atoms with Crippen LogP contribution in [-0.2, 0) is 0 Å². The standard InChI is InChI=1S/C41H24N6/c1-3-10-25(11-4-1)45-32-15-8-7-14-29(32)37-34(45)20-19-28-27-17-18-30-36(38(27)46(39(28)37)26-12-5-2-6-13-26)31-24-42-23-21-33(31)47-35-16-9-22-43-40(35)44-41(30)47/h1-24H. The molecule has 11 rings (SSSR count). The lowest BCUT2D eigenvalue weighted by molar-refractivity contribution is 1.18. The Kier molecular flexibility index (Phi) is 4.75. The van der Waals surface area contributed by atoms with E-state index < -0.39 is 0 Å². The molecule has 5 aromatic carbocycles. The van der Waals surface area contributed by atoms with Gasteiger partial charge in [-0.05, 0) is 60.7 Å². The van der Waals surface area contributed by atoms with Gasteiger partial charge >= 0.3 is 0 Å². The maximum atomic E-state index is 5.10. The van der Waals surface area contributed by atoms with Crippen LogP contribution in [0.3, 0.4) is 0 Å². The zero-order valence-corrected chi connectivity index (χ0v) is 25.0. The van der Waals surface area contributed by atoms with Crippen LogP contribution in [0.4, 0.5) is 0 Å². The Balaban J connectivity index is 1.44. The number of hydrogen-bond donors (Lipinski definition) is 0. The average molecular weight is 601 g/mol. The summed E-state index contributed by atoms with van der Waals surface area (Å²) in [4.78, 5) is 14.4. The van der Waals surface area contributed by atoms with Crippen molar-refractivity contribution in [1.82, 2.24) is 28.5 Å². The molecule has 0 bridgehead atoms. The van der Waals surface area contributed by atoms with E-state index >= 15 is 0 Å². The van der Waals surface area contributed by atoms with E-state index in [1.165, 1.54) is 38.1 Å². The quantitative estimate of drug-likeness (QED) is 0.186. The van der Waals surface area contributed by atoms with Crippen LogP contribution in [0.15, 0.2) is 146 Å². The summed E-state index contributed by atoms with van der Waals surface area (Å²) in [6.45, 7) is 0. The van der Waals surface area contributed by atoms with E-state index in [4.69, 9.17) is 4.98 Å². The third-order valence-electron chi connectivity index (χ3n) is 9.74. The van der Waals surface area contributed by atoms with Crippen LogP contribution >= 0.6 is 0 Å². The van der Waals surface area contributed by atoms with Crippen LogP contribution in [-0.4, -0.2) is 28.5 Å². The second kappa shape index (κ2) is 9.02. The topological polar surface area (TPSA) is 52.9 Å². The Hall–Kier alpha value is -6.53. The molecule has 0 N–H and O–H groups in total. The molecule has 0 saturated carbocycles. The third kappa shape index (κ3) is 3.16. The van der Waals surface area contributed by atoms with Gasteiger partial charge in [0, 0.05) is 67.7 Å². The van der Waals surface area contributed by atoms with E-state index in [9.17, 15) is 0 Å². The van der Waals surface area contributed by atoms with Crippen LogP contribution in [0.1, 0.15) is 0 Å². The summed E-state index contributed by atoms with van der Waals surface area (Å²) in [6, 6.07) is 45.4. The summed E-state index contributed by atoms with van der Waals surface area (Å²) >= 11 is 0. The minimum Gasteiger partial charge on any atom is -0.309 e. The third-order valence-corrected chi connectivity index (χ3v) is 9.74. The Labute approximate surface area is 267 Å². The van der Waals surface area contributed by atoms with Crippen LogP contribution in [0.5, 0.6) is 0 Å². The molecule has 0 atom stereocenters. The molecule has 0 unspecified atom stereocenters. The van der Waals surface area contributed by atoms with E-state index in [1.807, 2.05) is 24.7 Å². The SMILES string of the molecule is c1ccc(-n2c3ccccc3c3c2ccc2c4ccc5c(c6cnccc6n6c7cccnc7nc56)c4n(-c4ccccc4)c23)cc1. The fourth-order valence-corrected chi connectivity index (χ4v) is 7.91. The van der Waals surface area contributed by atoms with Crippen molar-refractivity contribution >= 4 is 82.1 Å². The Morgan fingerprint density at radius 3 is 1.94 bits per heavy atom. The van der Waals surface area contributed by atoms with Crippen molar-refractivity contribution in [2.75, 3.05) is 0 Å². The van der Waals surface area contributed by atoms with Gasteiger partial charge in [0.05, 0.1) is 33.1 Å². The molecule has 0 saturated heterocycles. The average Bonchev–Trinajstić information content (AvgIpc) is 3.80. The number of aromatic nitrogens is 6. The van der Waals surface area contributed by atoms with Crippen LogP contribution in [0.25, 0.3) is 93.5 Å². The Morgan fingerprint density at radius 2 is 1.11 bits per heavy atom. The summed E-state index contributed by atoms with van der Waals surface area (Å²) in [6.07, 6.45) is 5.68. The highest BCUT2D eigenvalue weighted by Gasteiger charge is 2.24.